The summed E-state index contributed by atoms with van der Waals surface area (Å²) in [7, 11) is 5.40. The van der Waals surface area contributed by atoms with E-state index in [1.165, 1.54) is 4.88 Å². The average Bonchev–Trinajstić information content (AvgIpc) is 2.72. The molecule has 1 N–H and O–H groups in total. The number of aryl methyl sites for hydroxylation is 1. The summed E-state index contributed by atoms with van der Waals surface area (Å²) in [6, 6.07) is 0.285. The van der Waals surface area contributed by atoms with E-state index in [9.17, 15) is 0 Å². The van der Waals surface area contributed by atoms with Gasteiger partial charge in [-0.05, 0) is 20.9 Å². The predicted molar refractivity (Wildman–Crippen MR) is 80.2 cm³/mol. The summed E-state index contributed by atoms with van der Waals surface area (Å²) in [5.41, 5.74) is 1.10. The first-order valence-electron chi connectivity index (χ1n) is 6.49. The number of nitrogens with one attached hydrogen (secondary N) is 1. The molecule has 0 bridgehead atoms. The second-order valence-electron chi connectivity index (χ2n) is 4.53. The van der Waals surface area contributed by atoms with Gasteiger partial charge in [0, 0.05) is 32.2 Å². The summed E-state index contributed by atoms with van der Waals surface area (Å²) in [6.07, 6.45) is 0. The van der Waals surface area contributed by atoms with Crippen molar-refractivity contribution in [1.29, 1.82) is 0 Å². The van der Waals surface area contributed by atoms with Gasteiger partial charge in [0.15, 0.2) is 5.13 Å². The van der Waals surface area contributed by atoms with Gasteiger partial charge in [-0.3, -0.25) is 0 Å². The third-order valence-electron chi connectivity index (χ3n) is 2.94. The maximum absolute atomic E-state index is 5.25. The van der Waals surface area contributed by atoms with Crippen LogP contribution in [0.5, 0.6) is 0 Å². The molecule has 6 heteroatoms. The summed E-state index contributed by atoms with van der Waals surface area (Å²) >= 11 is 1.74. The molecule has 0 aliphatic heterocycles. The number of ether oxygens (including phenoxy) is 2. The third kappa shape index (κ3) is 4.72. The predicted octanol–water partition coefficient (Wildman–Crippen LogP) is 1.66. The number of thiazole rings is 1. The fraction of sp³-hybridized carbons (Fsp3) is 0.769. The minimum Gasteiger partial charge on any atom is -0.383 e. The molecule has 0 aromatic carbocycles. The monoisotopic (exact) mass is 287 g/mol. The Morgan fingerprint density at radius 1 is 1.37 bits per heavy atom. The van der Waals surface area contributed by atoms with Crippen LogP contribution in [-0.2, 0) is 16.0 Å². The highest BCUT2D eigenvalue weighted by molar-refractivity contribution is 7.15. The number of nitrogens with zero attached hydrogens (tertiary/aromatic N) is 2. The molecule has 1 rings (SSSR count). The van der Waals surface area contributed by atoms with Crippen molar-refractivity contribution in [3.05, 3.63) is 10.6 Å². The zero-order valence-corrected chi connectivity index (χ0v) is 13.3. The molecule has 0 fully saturated rings. The first-order valence-corrected chi connectivity index (χ1v) is 7.31. The third-order valence-corrected chi connectivity index (χ3v) is 4.14. The standard InChI is InChI=1S/C13H25N3O2S/c1-10(9-18-5)16(6-7-17-4)13-15-11(2)12(19-13)8-14-3/h10,14H,6-9H2,1-5H3. The lowest BCUT2D eigenvalue weighted by molar-refractivity contribution is 0.171. The molecule has 0 amide bonds. The van der Waals surface area contributed by atoms with E-state index >= 15 is 0 Å². The van der Waals surface area contributed by atoms with Crippen LogP contribution in [0.4, 0.5) is 5.13 Å². The maximum Gasteiger partial charge on any atom is 0.186 e. The van der Waals surface area contributed by atoms with E-state index in [-0.39, 0.29) is 6.04 Å². The van der Waals surface area contributed by atoms with Crippen LogP contribution in [0.25, 0.3) is 0 Å². The van der Waals surface area contributed by atoms with Gasteiger partial charge in [-0.1, -0.05) is 0 Å². The van der Waals surface area contributed by atoms with Gasteiger partial charge in [0.1, 0.15) is 0 Å². The molecule has 0 aliphatic carbocycles. The largest absolute Gasteiger partial charge is 0.383 e. The zero-order chi connectivity index (χ0) is 14.3. The Morgan fingerprint density at radius 3 is 2.68 bits per heavy atom. The van der Waals surface area contributed by atoms with Gasteiger partial charge in [-0.15, -0.1) is 11.3 Å². The molecule has 0 saturated heterocycles. The number of rotatable bonds is 9. The van der Waals surface area contributed by atoms with Gasteiger partial charge in [-0.25, -0.2) is 4.98 Å². The molecule has 19 heavy (non-hydrogen) atoms. The Balaban J connectivity index is 2.86. The van der Waals surface area contributed by atoms with E-state index in [2.05, 4.69) is 29.0 Å². The Bertz CT molecular complexity index is 371. The smallest absolute Gasteiger partial charge is 0.186 e. The SMILES string of the molecule is CNCc1sc(N(CCOC)C(C)COC)nc1C. The van der Waals surface area contributed by atoms with Gasteiger partial charge in [-0.2, -0.15) is 0 Å². The van der Waals surface area contributed by atoms with Gasteiger partial charge < -0.3 is 19.7 Å². The molecular weight excluding hydrogens is 262 g/mol. The second-order valence-corrected chi connectivity index (χ2v) is 5.59. The van der Waals surface area contributed by atoms with E-state index in [0.717, 1.165) is 23.9 Å². The summed E-state index contributed by atoms with van der Waals surface area (Å²) in [6.45, 7) is 7.26. The molecule has 0 radical (unpaired) electrons. The van der Waals surface area contributed by atoms with Crippen molar-refractivity contribution in [3.63, 3.8) is 0 Å². The van der Waals surface area contributed by atoms with Crippen LogP contribution < -0.4 is 10.2 Å². The summed E-state index contributed by atoms with van der Waals surface area (Å²) < 4.78 is 10.4. The summed E-state index contributed by atoms with van der Waals surface area (Å²) in [5.74, 6) is 0. The van der Waals surface area contributed by atoms with Crippen molar-refractivity contribution in [1.82, 2.24) is 10.3 Å². The quantitative estimate of drug-likeness (QED) is 0.748. The molecule has 0 aliphatic rings. The lowest BCUT2D eigenvalue weighted by Gasteiger charge is -2.28. The highest BCUT2D eigenvalue weighted by Gasteiger charge is 2.19. The molecule has 5 nitrogen and oxygen atoms in total. The van der Waals surface area contributed by atoms with Crippen molar-refractivity contribution in [2.24, 2.45) is 0 Å². The van der Waals surface area contributed by atoms with Gasteiger partial charge in [0.2, 0.25) is 0 Å². The van der Waals surface area contributed by atoms with Crippen molar-refractivity contribution >= 4 is 16.5 Å². The maximum atomic E-state index is 5.25. The van der Waals surface area contributed by atoms with Crippen molar-refractivity contribution in [3.8, 4) is 0 Å². The molecule has 0 saturated carbocycles. The van der Waals surface area contributed by atoms with Gasteiger partial charge in [0.25, 0.3) is 0 Å². The normalized spacial score (nSPS) is 12.7. The fourth-order valence-electron chi connectivity index (χ4n) is 1.89. The zero-order valence-electron chi connectivity index (χ0n) is 12.5. The van der Waals surface area contributed by atoms with Crippen molar-refractivity contribution < 1.29 is 9.47 Å². The topological polar surface area (TPSA) is 46.6 Å². The fourth-order valence-corrected chi connectivity index (χ4v) is 3.09. The number of anilines is 1. The molecule has 1 heterocycles. The Kier molecular flexibility index (Phi) is 7.30. The van der Waals surface area contributed by atoms with E-state index in [1.807, 2.05) is 7.05 Å². The first-order chi connectivity index (χ1) is 9.13. The highest BCUT2D eigenvalue weighted by atomic mass is 32.1. The van der Waals surface area contributed by atoms with Crippen LogP contribution in [0.3, 0.4) is 0 Å². The molecule has 0 spiro atoms. The number of aromatic nitrogens is 1. The first kappa shape index (κ1) is 16.4. The molecular formula is C13H25N3O2S. The second kappa shape index (κ2) is 8.47. The van der Waals surface area contributed by atoms with E-state index < -0.39 is 0 Å². The highest BCUT2D eigenvalue weighted by Crippen LogP contribution is 2.27. The molecule has 1 atom stereocenters. The van der Waals surface area contributed by atoms with Crippen molar-refractivity contribution in [2.45, 2.75) is 26.4 Å². The Hall–Kier alpha value is -0.690. The molecule has 110 valence electrons. The number of hydrogen-bond acceptors (Lipinski definition) is 6. The van der Waals surface area contributed by atoms with Crippen LogP contribution in [0.15, 0.2) is 0 Å². The summed E-state index contributed by atoms with van der Waals surface area (Å²) in [4.78, 5) is 8.21. The van der Waals surface area contributed by atoms with E-state index in [0.29, 0.717) is 13.2 Å². The lowest BCUT2D eigenvalue weighted by Crippen LogP contribution is -2.38. The Labute approximate surface area is 119 Å². The van der Waals surface area contributed by atoms with Gasteiger partial charge >= 0.3 is 0 Å². The van der Waals surface area contributed by atoms with Crippen LogP contribution in [0.2, 0.25) is 0 Å². The lowest BCUT2D eigenvalue weighted by atomic mass is 10.3. The van der Waals surface area contributed by atoms with E-state index in [4.69, 9.17) is 9.47 Å². The molecule has 1 unspecified atom stereocenters. The molecule has 1 aromatic heterocycles. The number of methoxy groups -OCH3 is 2. The van der Waals surface area contributed by atoms with Gasteiger partial charge in [0.05, 0.1) is 24.9 Å². The Morgan fingerprint density at radius 2 is 2.11 bits per heavy atom. The van der Waals surface area contributed by atoms with Crippen LogP contribution >= 0.6 is 11.3 Å². The minimum absolute atomic E-state index is 0.285. The van der Waals surface area contributed by atoms with Crippen LogP contribution in [0.1, 0.15) is 17.5 Å². The summed E-state index contributed by atoms with van der Waals surface area (Å²) in [5, 5.41) is 4.22. The van der Waals surface area contributed by atoms with Crippen molar-refractivity contribution in [2.75, 3.05) is 45.9 Å². The average molecular weight is 287 g/mol. The molecule has 1 aromatic rings. The minimum atomic E-state index is 0.285. The van der Waals surface area contributed by atoms with Crippen LogP contribution in [-0.4, -0.2) is 52.1 Å². The number of hydrogen-bond donors (Lipinski definition) is 1. The van der Waals surface area contributed by atoms with Crippen LogP contribution in [0, 0.1) is 6.92 Å². The van der Waals surface area contributed by atoms with E-state index in [1.54, 1.807) is 25.6 Å².